The molecule has 0 unspecified atom stereocenters. The van der Waals surface area contributed by atoms with Crippen molar-refractivity contribution < 1.29 is 9.53 Å². The van der Waals surface area contributed by atoms with Crippen molar-refractivity contribution in [2.24, 2.45) is 5.10 Å². The standard InChI is InChI=1S/C20H22ClN3O2S/c1-15(16-2-6-18(7-3-16)24-10-12-26-13-11-24)22-23-20(25)14-27-19-8-4-17(21)5-9-19/h2-9H,10-14H2,1H3,(H,23,25)/b22-15-. The van der Waals surface area contributed by atoms with Crippen molar-refractivity contribution in [2.75, 3.05) is 37.0 Å². The summed E-state index contributed by atoms with van der Waals surface area (Å²) in [7, 11) is 0. The number of nitrogens with zero attached hydrogens (tertiary/aromatic N) is 2. The van der Waals surface area contributed by atoms with E-state index in [0.29, 0.717) is 10.8 Å². The van der Waals surface area contributed by atoms with E-state index in [1.54, 1.807) is 0 Å². The molecule has 0 saturated carbocycles. The Morgan fingerprint density at radius 1 is 1.15 bits per heavy atom. The van der Waals surface area contributed by atoms with Crippen LogP contribution in [-0.2, 0) is 9.53 Å². The Morgan fingerprint density at radius 3 is 2.48 bits per heavy atom. The van der Waals surface area contributed by atoms with Crippen molar-refractivity contribution in [3.8, 4) is 0 Å². The summed E-state index contributed by atoms with van der Waals surface area (Å²) in [4.78, 5) is 15.3. The molecular weight excluding hydrogens is 382 g/mol. The Balaban J connectivity index is 1.50. The first kappa shape index (κ1) is 19.7. The van der Waals surface area contributed by atoms with Gasteiger partial charge in [-0.3, -0.25) is 4.79 Å². The van der Waals surface area contributed by atoms with Crippen molar-refractivity contribution in [2.45, 2.75) is 11.8 Å². The summed E-state index contributed by atoms with van der Waals surface area (Å²) in [6.07, 6.45) is 0. The van der Waals surface area contributed by atoms with Crippen LogP contribution < -0.4 is 10.3 Å². The van der Waals surface area contributed by atoms with Gasteiger partial charge in [-0.15, -0.1) is 11.8 Å². The van der Waals surface area contributed by atoms with E-state index < -0.39 is 0 Å². The van der Waals surface area contributed by atoms with Crippen molar-refractivity contribution >= 4 is 40.7 Å². The fourth-order valence-electron chi connectivity index (χ4n) is 2.66. The van der Waals surface area contributed by atoms with Crippen LogP contribution in [0, 0.1) is 0 Å². The van der Waals surface area contributed by atoms with Crippen molar-refractivity contribution in [1.29, 1.82) is 0 Å². The van der Waals surface area contributed by atoms with Crippen LogP contribution in [0.25, 0.3) is 0 Å². The highest BCUT2D eigenvalue weighted by atomic mass is 35.5. The molecular formula is C20H22ClN3O2S. The maximum atomic E-state index is 12.0. The van der Waals surface area contributed by atoms with Gasteiger partial charge in [0.25, 0.3) is 0 Å². The largest absolute Gasteiger partial charge is 0.378 e. The van der Waals surface area contributed by atoms with Gasteiger partial charge in [-0.25, -0.2) is 5.43 Å². The predicted octanol–water partition coefficient (Wildman–Crippen LogP) is 3.81. The third kappa shape index (κ3) is 5.99. The maximum Gasteiger partial charge on any atom is 0.250 e. The van der Waals surface area contributed by atoms with E-state index >= 15 is 0 Å². The van der Waals surface area contributed by atoms with Crippen LogP contribution in [-0.4, -0.2) is 43.7 Å². The number of hydrogen-bond donors (Lipinski definition) is 1. The molecule has 0 spiro atoms. The fourth-order valence-corrected chi connectivity index (χ4v) is 3.47. The van der Waals surface area contributed by atoms with E-state index in [-0.39, 0.29) is 5.91 Å². The molecule has 0 atom stereocenters. The lowest BCUT2D eigenvalue weighted by Crippen LogP contribution is -2.36. The first-order valence-corrected chi connectivity index (χ1v) is 10.1. The normalized spacial score (nSPS) is 14.9. The molecule has 2 aromatic carbocycles. The van der Waals surface area contributed by atoms with E-state index in [4.69, 9.17) is 16.3 Å². The highest BCUT2D eigenvalue weighted by molar-refractivity contribution is 8.00. The Labute approximate surface area is 168 Å². The van der Waals surface area contributed by atoms with Crippen molar-refractivity contribution in [1.82, 2.24) is 5.43 Å². The Morgan fingerprint density at radius 2 is 1.81 bits per heavy atom. The average Bonchev–Trinajstić information content (AvgIpc) is 2.72. The Kier molecular flexibility index (Phi) is 7.15. The summed E-state index contributed by atoms with van der Waals surface area (Å²) in [6.45, 7) is 5.24. The molecule has 1 heterocycles. The Bertz CT molecular complexity index is 788. The minimum absolute atomic E-state index is 0.140. The molecule has 5 nitrogen and oxygen atoms in total. The first-order chi connectivity index (χ1) is 13.1. The summed E-state index contributed by atoms with van der Waals surface area (Å²) in [5.74, 6) is 0.160. The molecule has 1 aliphatic heterocycles. The van der Waals surface area contributed by atoms with Crippen LogP contribution in [0.5, 0.6) is 0 Å². The lowest BCUT2D eigenvalue weighted by atomic mass is 10.1. The number of anilines is 1. The molecule has 3 rings (SSSR count). The van der Waals surface area contributed by atoms with Gasteiger partial charge in [-0.1, -0.05) is 23.7 Å². The van der Waals surface area contributed by atoms with Crippen LogP contribution >= 0.6 is 23.4 Å². The zero-order chi connectivity index (χ0) is 19.1. The molecule has 1 amide bonds. The SMILES string of the molecule is C/C(=N/NC(=O)CSc1ccc(Cl)cc1)c1ccc(N2CCOCC2)cc1. The van der Waals surface area contributed by atoms with Gasteiger partial charge in [0.15, 0.2) is 0 Å². The topological polar surface area (TPSA) is 53.9 Å². The number of nitrogens with one attached hydrogen (secondary N) is 1. The highest BCUT2D eigenvalue weighted by Gasteiger charge is 2.11. The molecule has 0 bridgehead atoms. The number of amides is 1. The lowest BCUT2D eigenvalue weighted by molar-refractivity contribution is -0.118. The second kappa shape index (κ2) is 9.78. The molecule has 1 aliphatic rings. The summed E-state index contributed by atoms with van der Waals surface area (Å²) < 4.78 is 5.38. The number of carbonyl (C=O) groups is 1. The Hall–Kier alpha value is -2.02. The van der Waals surface area contributed by atoms with Gasteiger partial charge in [0.1, 0.15) is 0 Å². The molecule has 1 saturated heterocycles. The van der Waals surface area contributed by atoms with Crippen molar-refractivity contribution in [3.05, 3.63) is 59.1 Å². The molecule has 27 heavy (non-hydrogen) atoms. The smallest absolute Gasteiger partial charge is 0.250 e. The number of rotatable bonds is 6. The molecule has 0 aliphatic carbocycles. The minimum Gasteiger partial charge on any atom is -0.378 e. The molecule has 0 radical (unpaired) electrons. The number of hydrogen-bond acceptors (Lipinski definition) is 5. The van der Waals surface area contributed by atoms with E-state index in [1.165, 1.54) is 17.4 Å². The van der Waals surface area contributed by atoms with Crippen LogP contribution in [0.4, 0.5) is 5.69 Å². The van der Waals surface area contributed by atoms with Gasteiger partial charge in [-0.05, 0) is 48.9 Å². The molecule has 7 heteroatoms. The number of halogens is 1. The van der Waals surface area contributed by atoms with Gasteiger partial charge >= 0.3 is 0 Å². The van der Waals surface area contributed by atoms with Gasteiger partial charge in [0, 0.05) is 28.7 Å². The number of morpholine rings is 1. The third-order valence-electron chi connectivity index (χ3n) is 4.19. The third-order valence-corrected chi connectivity index (χ3v) is 5.46. The summed E-state index contributed by atoms with van der Waals surface area (Å²) >= 11 is 7.30. The summed E-state index contributed by atoms with van der Waals surface area (Å²) in [5.41, 5.74) is 5.55. The van der Waals surface area contributed by atoms with Crippen LogP contribution in [0.3, 0.4) is 0 Å². The van der Waals surface area contributed by atoms with Crippen LogP contribution in [0.2, 0.25) is 5.02 Å². The van der Waals surface area contributed by atoms with Gasteiger partial charge in [0.2, 0.25) is 5.91 Å². The van der Waals surface area contributed by atoms with Gasteiger partial charge in [-0.2, -0.15) is 5.10 Å². The highest BCUT2D eigenvalue weighted by Crippen LogP contribution is 2.20. The maximum absolute atomic E-state index is 12.0. The van der Waals surface area contributed by atoms with E-state index in [9.17, 15) is 4.79 Å². The molecule has 2 aromatic rings. The van der Waals surface area contributed by atoms with Crippen LogP contribution in [0.1, 0.15) is 12.5 Å². The quantitative estimate of drug-likeness (QED) is 0.452. The van der Waals surface area contributed by atoms with E-state index in [2.05, 4.69) is 27.6 Å². The number of benzene rings is 2. The van der Waals surface area contributed by atoms with Crippen LogP contribution in [0.15, 0.2) is 58.5 Å². The van der Waals surface area contributed by atoms with E-state index in [1.807, 2.05) is 43.3 Å². The van der Waals surface area contributed by atoms with Gasteiger partial charge in [0.05, 0.1) is 24.7 Å². The predicted molar refractivity (Wildman–Crippen MR) is 112 cm³/mol. The monoisotopic (exact) mass is 403 g/mol. The number of thioether (sulfide) groups is 1. The molecule has 1 N–H and O–H groups in total. The number of ether oxygens (including phenoxy) is 1. The zero-order valence-electron chi connectivity index (χ0n) is 15.2. The zero-order valence-corrected chi connectivity index (χ0v) is 16.7. The second-order valence-corrected chi connectivity index (χ2v) is 7.61. The number of carbonyl (C=O) groups excluding carboxylic acids is 1. The lowest BCUT2D eigenvalue weighted by Gasteiger charge is -2.28. The summed E-state index contributed by atoms with van der Waals surface area (Å²) in [5, 5.41) is 4.90. The van der Waals surface area contributed by atoms with Gasteiger partial charge < -0.3 is 9.64 Å². The molecule has 0 aromatic heterocycles. The first-order valence-electron chi connectivity index (χ1n) is 8.76. The number of hydrazone groups is 1. The minimum atomic E-state index is -0.140. The fraction of sp³-hybridized carbons (Fsp3) is 0.300. The molecule has 1 fully saturated rings. The summed E-state index contributed by atoms with van der Waals surface area (Å²) in [6, 6.07) is 15.6. The average molecular weight is 404 g/mol. The van der Waals surface area contributed by atoms with Crippen molar-refractivity contribution in [3.63, 3.8) is 0 Å². The second-order valence-electron chi connectivity index (χ2n) is 6.12. The molecule has 142 valence electrons. The van der Waals surface area contributed by atoms with E-state index in [0.717, 1.165) is 42.5 Å².